The molecule has 0 aliphatic rings. The number of ether oxygens (including phenoxy) is 2. The minimum atomic E-state index is -0.166. The van der Waals surface area contributed by atoms with Gasteiger partial charge in [-0.25, -0.2) is 9.67 Å². The van der Waals surface area contributed by atoms with Gasteiger partial charge in [0.15, 0.2) is 0 Å². The largest absolute Gasteiger partial charge is 0.481 e. The fraction of sp³-hybridized carbons (Fsp3) is 0.118. The Morgan fingerprint density at radius 3 is 2.58 bits per heavy atom. The molecule has 24 heavy (non-hydrogen) atoms. The fourth-order valence-corrected chi connectivity index (χ4v) is 2.72. The summed E-state index contributed by atoms with van der Waals surface area (Å²) in [5, 5.41) is 4.35. The lowest BCUT2D eigenvalue weighted by Gasteiger charge is -2.06. The highest BCUT2D eigenvalue weighted by Gasteiger charge is 2.16. The van der Waals surface area contributed by atoms with Crippen molar-refractivity contribution in [2.24, 2.45) is 0 Å². The minimum Gasteiger partial charge on any atom is -0.481 e. The van der Waals surface area contributed by atoms with Crippen molar-refractivity contribution in [1.82, 2.24) is 19.7 Å². The van der Waals surface area contributed by atoms with Gasteiger partial charge < -0.3 is 9.47 Å². The zero-order valence-corrected chi connectivity index (χ0v) is 13.1. The van der Waals surface area contributed by atoms with E-state index >= 15 is 0 Å². The van der Waals surface area contributed by atoms with Crippen molar-refractivity contribution in [2.75, 3.05) is 14.2 Å². The first kappa shape index (κ1) is 14.3. The van der Waals surface area contributed by atoms with Gasteiger partial charge in [0, 0.05) is 17.6 Å². The molecule has 3 aromatic heterocycles. The predicted octanol–water partition coefficient (Wildman–Crippen LogP) is 2.28. The number of nitrogens with zero attached hydrogens (tertiary/aromatic N) is 3. The molecule has 4 rings (SSSR count). The molecule has 0 unspecified atom stereocenters. The molecular weight excluding hydrogens is 308 g/mol. The van der Waals surface area contributed by atoms with E-state index in [9.17, 15) is 4.79 Å². The highest BCUT2D eigenvalue weighted by Crippen LogP contribution is 2.29. The Balaban J connectivity index is 2.10. The van der Waals surface area contributed by atoms with Crippen LogP contribution in [0.25, 0.3) is 27.5 Å². The lowest BCUT2D eigenvalue weighted by Crippen LogP contribution is -2.13. The minimum absolute atomic E-state index is 0.166. The predicted molar refractivity (Wildman–Crippen MR) is 90.1 cm³/mol. The van der Waals surface area contributed by atoms with Gasteiger partial charge in [-0.15, -0.1) is 0 Å². The van der Waals surface area contributed by atoms with E-state index in [1.54, 1.807) is 6.07 Å². The first-order valence-electron chi connectivity index (χ1n) is 7.31. The summed E-state index contributed by atoms with van der Waals surface area (Å²) in [6, 6.07) is 11.1. The molecule has 7 heteroatoms. The molecule has 0 atom stereocenters. The SMILES string of the molecule is COc1cc2c(ncc3c(=O)n(-c4ccccc4)[nH]c32)c(OC)n1. The smallest absolute Gasteiger partial charge is 0.280 e. The Bertz CT molecular complexity index is 1100. The summed E-state index contributed by atoms with van der Waals surface area (Å²) in [6.07, 6.45) is 1.53. The fourth-order valence-electron chi connectivity index (χ4n) is 2.72. The average molecular weight is 322 g/mol. The molecule has 0 bridgehead atoms. The van der Waals surface area contributed by atoms with Gasteiger partial charge in [0.2, 0.25) is 11.8 Å². The molecule has 7 nitrogen and oxygen atoms in total. The molecule has 3 heterocycles. The van der Waals surface area contributed by atoms with E-state index in [4.69, 9.17) is 9.47 Å². The molecule has 0 aliphatic heterocycles. The number of hydrogen-bond acceptors (Lipinski definition) is 5. The number of nitrogens with one attached hydrogen (secondary N) is 1. The normalized spacial score (nSPS) is 11.1. The van der Waals surface area contributed by atoms with Gasteiger partial charge in [0.25, 0.3) is 5.56 Å². The number of methoxy groups -OCH3 is 2. The van der Waals surface area contributed by atoms with Crippen molar-refractivity contribution >= 4 is 21.8 Å². The van der Waals surface area contributed by atoms with Gasteiger partial charge in [-0.2, -0.15) is 4.98 Å². The van der Waals surface area contributed by atoms with E-state index in [1.807, 2.05) is 30.3 Å². The van der Waals surface area contributed by atoms with Gasteiger partial charge >= 0.3 is 0 Å². The van der Waals surface area contributed by atoms with Crippen molar-refractivity contribution in [3.63, 3.8) is 0 Å². The van der Waals surface area contributed by atoms with Crippen molar-refractivity contribution < 1.29 is 9.47 Å². The van der Waals surface area contributed by atoms with Crippen LogP contribution >= 0.6 is 0 Å². The maximum atomic E-state index is 12.7. The van der Waals surface area contributed by atoms with Crippen molar-refractivity contribution in [3.8, 4) is 17.4 Å². The van der Waals surface area contributed by atoms with Crippen LogP contribution in [0.3, 0.4) is 0 Å². The third-order valence-corrected chi connectivity index (χ3v) is 3.87. The van der Waals surface area contributed by atoms with Crippen LogP contribution < -0.4 is 15.0 Å². The zero-order chi connectivity index (χ0) is 16.7. The number of benzene rings is 1. The monoisotopic (exact) mass is 322 g/mol. The van der Waals surface area contributed by atoms with Crippen LogP contribution in [0.5, 0.6) is 11.8 Å². The summed E-state index contributed by atoms with van der Waals surface area (Å²) in [7, 11) is 3.05. The van der Waals surface area contributed by atoms with Crippen LogP contribution in [0.4, 0.5) is 0 Å². The molecule has 0 spiro atoms. The van der Waals surface area contributed by atoms with Gasteiger partial charge in [-0.3, -0.25) is 9.89 Å². The lowest BCUT2D eigenvalue weighted by molar-refractivity contribution is 0.368. The Morgan fingerprint density at radius 2 is 1.88 bits per heavy atom. The van der Waals surface area contributed by atoms with Crippen molar-refractivity contribution in [3.05, 3.63) is 52.9 Å². The Morgan fingerprint density at radius 1 is 1.08 bits per heavy atom. The zero-order valence-electron chi connectivity index (χ0n) is 13.1. The molecule has 0 radical (unpaired) electrons. The summed E-state index contributed by atoms with van der Waals surface area (Å²) in [5.74, 6) is 0.738. The van der Waals surface area contributed by atoms with Crippen LogP contribution in [0.15, 0.2) is 47.4 Å². The topological polar surface area (TPSA) is 82.0 Å². The molecule has 0 fully saturated rings. The second-order valence-corrected chi connectivity index (χ2v) is 5.20. The second-order valence-electron chi connectivity index (χ2n) is 5.20. The number of hydrogen-bond donors (Lipinski definition) is 1. The van der Waals surface area contributed by atoms with Crippen LogP contribution in [-0.4, -0.2) is 34.0 Å². The highest BCUT2D eigenvalue weighted by atomic mass is 16.5. The van der Waals surface area contributed by atoms with E-state index in [0.717, 1.165) is 5.69 Å². The molecule has 0 aliphatic carbocycles. The Hall–Kier alpha value is -3.35. The second kappa shape index (κ2) is 5.38. The molecular formula is C17H14N4O3. The summed E-state index contributed by atoms with van der Waals surface area (Å²) in [4.78, 5) is 21.3. The first-order valence-corrected chi connectivity index (χ1v) is 7.31. The third kappa shape index (κ3) is 2.02. The van der Waals surface area contributed by atoms with Gasteiger partial charge in [-0.05, 0) is 12.1 Å². The Labute approximate surface area is 136 Å². The number of aromatic nitrogens is 4. The molecule has 0 saturated heterocycles. The molecule has 120 valence electrons. The summed E-state index contributed by atoms with van der Waals surface area (Å²) < 4.78 is 12.0. The van der Waals surface area contributed by atoms with Gasteiger partial charge in [0.1, 0.15) is 5.52 Å². The van der Waals surface area contributed by atoms with E-state index in [1.165, 1.54) is 25.1 Å². The van der Waals surface area contributed by atoms with E-state index < -0.39 is 0 Å². The van der Waals surface area contributed by atoms with E-state index in [2.05, 4.69) is 15.1 Å². The van der Waals surface area contributed by atoms with Crippen LogP contribution in [0, 0.1) is 0 Å². The highest BCUT2D eigenvalue weighted by molar-refractivity contribution is 6.04. The summed E-state index contributed by atoms with van der Waals surface area (Å²) >= 11 is 0. The number of fused-ring (bicyclic) bond motifs is 3. The molecule has 1 aromatic carbocycles. The lowest BCUT2D eigenvalue weighted by atomic mass is 10.2. The molecule has 0 saturated carbocycles. The number of para-hydroxylation sites is 1. The number of pyridine rings is 2. The average Bonchev–Trinajstić information content (AvgIpc) is 2.98. The standard InChI is InChI=1S/C17H14N4O3/c1-23-13-8-11-14-12(9-18-15(11)16(19-13)24-2)17(22)21(20-14)10-6-4-3-5-7-10/h3-9,20H,1-2H3. The van der Waals surface area contributed by atoms with Crippen molar-refractivity contribution in [2.45, 2.75) is 0 Å². The summed E-state index contributed by atoms with van der Waals surface area (Å²) in [6.45, 7) is 0. The molecule has 4 aromatic rings. The van der Waals surface area contributed by atoms with Crippen LogP contribution in [0.1, 0.15) is 0 Å². The van der Waals surface area contributed by atoms with Crippen LogP contribution in [-0.2, 0) is 0 Å². The number of H-pyrrole nitrogens is 1. The van der Waals surface area contributed by atoms with Gasteiger partial charge in [0.05, 0.1) is 30.8 Å². The maximum Gasteiger partial charge on any atom is 0.280 e. The van der Waals surface area contributed by atoms with Crippen LogP contribution in [0.2, 0.25) is 0 Å². The Kier molecular flexibility index (Phi) is 3.19. The molecule has 1 N–H and O–H groups in total. The van der Waals surface area contributed by atoms with E-state index in [-0.39, 0.29) is 5.56 Å². The third-order valence-electron chi connectivity index (χ3n) is 3.87. The van der Waals surface area contributed by atoms with E-state index in [0.29, 0.717) is 33.6 Å². The summed E-state index contributed by atoms with van der Waals surface area (Å²) in [5.41, 5.74) is 1.81. The van der Waals surface area contributed by atoms with Crippen molar-refractivity contribution in [1.29, 1.82) is 0 Å². The number of aromatic amines is 1. The first-order chi connectivity index (χ1) is 11.7. The number of rotatable bonds is 3. The maximum absolute atomic E-state index is 12.7. The molecule has 0 amide bonds. The van der Waals surface area contributed by atoms with Gasteiger partial charge in [-0.1, -0.05) is 18.2 Å². The quantitative estimate of drug-likeness (QED) is 0.626.